The number of sulfonamides is 1. The van der Waals surface area contributed by atoms with E-state index in [9.17, 15) is 13.2 Å². The number of nitrogens with zero attached hydrogens (tertiary/aromatic N) is 2. The van der Waals surface area contributed by atoms with E-state index >= 15 is 0 Å². The van der Waals surface area contributed by atoms with E-state index in [0.29, 0.717) is 6.42 Å². The number of nitrogens with one attached hydrogen (secondary N) is 1. The van der Waals surface area contributed by atoms with Gasteiger partial charge in [0.25, 0.3) is 0 Å². The van der Waals surface area contributed by atoms with Crippen molar-refractivity contribution in [3.05, 3.63) is 12.4 Å². The molecule has 0 aromatic carbocycles. The molecule has 1 aromatic heterocycles. The average Bonchev–Trinajstić information content (AvgIpc) is 2.75. The van der Waals surface area contributed by atoms with Gasteiger partial charge in [0.05, 0.1) is 19.2 Å². The molecular weight excluding hydrogens is 274 g/mol. The summed E-state index contributed by atoms with van der Waals surface area (Å²) < 4.78 is 27.5. The first-order chi connectivity index (χ1) is 8.85. The highest BCUT2D eigenvalue weighted by Gasteiger charge is 2.19. The number of aliphatic hydroxyl groups excluding tert-OH is 1. The molecule has 0 aliphatic rings. The minimum Gasteiger partial charge on any atom is -0.481 e. The molecule has 0 amide bonds. The summed E-state index contributed by atoms with van der Waals surface area (Å²) >= 11 is 0. The van der Waals surface area contributed by atoms with E-state index in [0.717, 1.165) is 6.20 Å². The quantitative estimate of drug-likeness (QED) is 0.588. The van der Waals surface area contributed by atoms with Crippen LogP contribution in [0.25, 0.3) is 0 Å². The maximum atomic E-state index is 11.9. The van der Waals surface area contributed by atoms with Crippen LogP contribution in [0.2, 0.25) is 0 Å². The summed E-state index contributed by atoms with van der Waals surface area (Å²) in [5.74, 6) is -0.977. The van der Waals surface area contributed by atoms with Gasteiger partial charge >= 0.3 is 5.97 Å². The number of rotatable bonds is 8. The predicted octanol–water partition coefficient (Wildman–Crippen LogP) is -0.593. The third-order valence-electron chi connectivity index (χ3n) is 2.39. The van der Waals surface area contributed by atoms with Gasteiger partial charge in [-0.05, 0) is 13.3 Å². The van der Waals surface area contributed by atoms with Crippen LogP contribution < -0.4 is 4.72 Å². The standard InChI is InChI=1S/C10H17N3O5S/c1-8(3-5-14)12-19(17,18)9-6-11-13(7-9)4-2-10(15)16/h6-8,12,14H,2-5H2,1H3,(H,15,16). The van der Waals surface area contributed by atoms with Crippen molar-refractivity contribution in [3.63, 3.8) is 0 Å². The number of carboxylic acid groups (broad SMARTS) is 1. The summed E-state index contributed by atoms with van der Waals surface area (Å²) in [5, 5.41) is 21.0. The SMILES string of the molecule is CC(CCO)NS(=O)(=O)c1cnn(CCC(=O)O)c1. The number of carboxylic acids is 1. The Bertz CT molecular complexity index is 525. The second-order valence-electron chi connectivity index (χ2n) is 4.12. The van der Waals surface area contributed by atoms with Crippen LogP contribution in [0.15, 0.2) is 17.3 Å². The van der Waals surface area contributed by atoms with Gasteiger partial charge in [0.2, 0.25) is 10.0 Å². The number of aliphatic carboxylic acids is 1. The van der Waals surface area contributed by atoms with Crippen molar-refractivity contribution in [2.45, 2.75) is 37.2 Å². The normalized spacial score (nSPS) is 13.4. The smallest absolute Gasteiger partial charge is 0.305 e. The van der Waals surface area contributed by atoms with Crippen LogP contribution in [0, 0.1) is 0 Å². The monoisotopic (exact) mass is 291 g/mol. The number of aliphatic hydroxyl groups is 1. The lowest BCUT2D eigenvalue weighted by atomic mass is 10.3. The van der Waals surface area contributed by atoms with E-state index in [4.69, 9.17) is 10.2 Å². The van der Waals surface area contributed by atoms with Gasteiger partial charge in [-0.15, -0.1) is 0 Å². The Kier molecular flexibility index (Phi) is 5.45. The topological polar surface area (TPSA) is 122 Å². The third-order valence-corrected chi connectivity index (χ3v) is 3.94. The van der Waals surface area contributed by atoms with Crippen molar-refractivity contribution in [3.8, 4) is 0 Å². The number of hydrogen-bond donors (Lipinski definition) is 3. The Balaban J connectivity index is 2.71. The van der Waals surface area contributed by atoms with Crippen LogP contribution in [0.3, 0.4) is 0 Å². The molecule has 0 aliphatic carbocycles. The van der Waals surface area contributed by atoms with E-state index in [-0.39, 0.29) is 24.5 Å². The fourth-order valence-corrected chi connectivity index (χ4v) is 2.63. The van der Waals surface area contributed by atoms with Gasteiger partial charge in [0.15, 0.2) is 0 Å². The van der Waals surface area contributed by atoms with Gasteiger partial charge in [-0.2, -0.15) is 5.10 Å². The summed E-state index contributed by atoms with van der Waals surface area (Å²) in [6.07, 6.45) is 2.62. The van der Waals surface area contributed by atoms with E-state index in [1.54, 1.807) is 6.92 Å². The molecule has 0 spiro atoms. The first-order valence-corrected chi connectivity index (χ1v) is 7.21. The Labute approximate surface area is 111 Å². The molecule has 108 valence electrons. The van der Waals surface area contributed by atoms with Crippen molar-refractivity contribution < 1.29 is 23.4 Å². The van der Waals surface area contributed by atoms with E-state index in [1.807, 2.05) is 0 Å². The highest BCUT2D eigenvalue weighted by atomic mass is 32.2. The largest absolute Gasteiger partial charge is 0.481 e. The second kappa shape index (κ2) is 6.64. The van der Waals surface area contributed by atoms with Crippen molar-refractivity contribution >= 4 is 16.0 Å². The van der Waals surface area contributed by atoms with Crippen LogP contribution in [0.4, 0.5) is 0 Å². The van der Waals surface area contributed by atoms with Crippen LogP contribution in [-0.2, 0) is 21.4 Å². The molecule has 0 bridgehead atoms. The van der Waals surface area contributed by atoms with Gasteiger partial charge in [-0.25, -0.2) is 13.1 Å². The first kappa shape index (κ1) is 15.6. The first-order valence-electron chi connectivity index (χ1n) is 5.72. The Hall–Kier alpha value is -1.45. The molecule has 0 fully saturated rings. The minimum atomic E-state index is -3.69. The lowest BCUT2D eigenvalue weighted by Crippen LogP contribution is -2.33. The maximum Gasteiger partial charge on any atom is 0.305 e. The van der Waals surface area contributed by atoms with Gasteiger partial charge in [0.1, 0.15) is 4.90 Å². The molecule has 1 rings (SSSR count). The molecule has 1 heterocycles. The van der Waals surface area contributed by atoms with Gasteiger partial charge < -0.3 is 10.2 Å². The summed E-state index contributed by atoms with van der Waals surface area (Å²) in [6.45, 7) is 1.64. The Morgan fingerprint density at radius 1 is 1.58 bits per heavy atom. The summed E-state index contributed by atoms with van der Waals surface area (Å²) in [4.78, 5) is 10.4. The van der Waals surface area contributed by atoms with Gasteiger partial charge in [0, 0.05) is 18.8 Å². The zero-order valence-corrected chi connectivity index (χ0v) is 11.3. The molecule has 0 saturated heterocycles. The minimum absolute atomic E-state index is 0.0253. The molecule has 1 aromatic rings. The highest BCUT2D eigenvalue weighted by Crippen LogP contribution is 2.09. The fourth-order valence-electron chi connectivity index (χ4n) is 1.40. The molecule has 0 aliphatic heterocycles. The van der Waals surface area contributed by atoms with Crippen LogP contribution in [0.5, 0.6) is 0 Å². The number of aromatic nitrogens is 2. The predicted molar refractivity (Wildman–Crippen MR) is 66.0 cm³/mol. The molecular formula is C10H17N3O5S. The summed E-state index contributed by atoms with van der Waals surface area (Å²) in [6, 6.07) is -0.391. The molecule has 9 heteroatoms. The second-order valence-corrected chi connectivity index (χ2v) is 5.83. The van der Waals surface area contributed by atoms with E-state index in [2.05, 4.69) is 9.82 Å². The van der Waals surface area contributed by atoms with Crippen molar-refractivity contribution in [2.75, 3.05) is 6.61 Å². The van der Waals surface area contributed by atoms with Crippen LogP contribution >= 0.6 is 0 Å². The van der Waals surface area contributed by atoms with Crippen LogP contribution in [-0.4, -0.2) is 47.0 Å². The lowest BCUT2D eigenvalue weighted by Gasteiger charge is -2.11. The Morgan fingerprint density at radius 2 is 2.26 bits per heavy atom. The average molecular weight is 291 g/mol. The number of aryl methyl sites for hydroxylation is 1. The van der Waals surface area contributed by atoms with E-state index < -0.39 is 22.0 Å². The lowest BCUT2D eigenvalue weighted by molar-refractivity contribution is -0.137. The zero-order chi connectivity index (χ0) is 14.5. The maximum absolute atomic E-state index is 11.9. The Morgan fingerprint density at radius 3 is 2.84 bits per heavy atom. The molecule has 1 unspecified atom stereocenters. The third kappa shape index (κ3) is 4.97. The molecule has 0 radical (unpaired) electrons. The molecule has 1 atom stereocenters. The van der Waals surface area contributed by atoms with Crippen molar-refractivity contribution in [1.29, 1.82) is 0 Å². The molecule has 19 heavy (non-hydrogen) atoms. The van der Waals surface area contributed by atoms with Crippen molar-refractivity contribution in [1.82, 2.24) is 14.5 Å². The van der Waals surface area contributed by atoms with E-state index in [1.165, 1.54) is 10.9 Å². The van der Waals surface area contributed by atoms with Crippen LogP contribution in [0.1, 0.15) is 19.8 Å². The highest BCUT2D eigenvalue weighted by molar-refractivity contribution is 7.89. The summed E-state index contributed by atoms with van der Waals surface area (Å²) in [7, 11) is -3.69. The number of carbonyl (C=O) groups is 1. The summed E-state index contributed by atoms with van der Waals surface area (Å²) in [5.41, 5.74) is 0. The van der Waals surface area contributed by atoms with Gasteiger partial charge in [-0.1, -0.05) is 0 Å². The number of hydrogen-bond acceptors (Lipinski definition) is 5. The molecule has 8 nitrogen and oxygen atoms in total. The fraction of sp³-hybridized carbons (Fsp3) is 0.600. The zero-order valence-electron chi connectivity index (χ0n) is 10.5. The molecule has 0 saturated carbocycles. The van der Waals surface area contributed by atoms with Gasteiger partial charge in [-0.3, -0.25) is 9.48 Å². The molecule has 3 N–H and O–H groups in total. The van der Waals surface area contributed by atoms with Crippen molar-refractivity contribution in [2.24, 2.45) is 0 Å².